The fourth-order valence-electron chi connectivity index (χ4n) is 1.57. The lowest BCUT2D eigenvalue weighted by molar-refractivity contribution is -0.118. The number of rotatable bonds is 6. The van der Waals surface area contributed by atoms with Crippen LogP contribution in [0.5, 0.6) is 0 Å². The lowest BCUT2D eigenvalue weighted by atomic mass is 10.1. The molecule has 15 heavy (non-hydrogen) atoms. The molecule has 3 heteroatoms. The molecule has 2 nitrogen and oxygen atoms in total. The fraction of sp³-hybridized carbons (Fsp3) is 0.750. The smallest absolute Gasteiger partial charge is 0.162 e. The van der Waals surface area contributed by atoms with Crippen LogP contribution in [-0.2, 0) is 9.53 Å². The molecule has 0 aliphatic carbocycles. The number of ether oxygens (including phenoxy) is 1. The van der Waals surface area contributed by atoms with E-state index >= 15 is 0 Å². The zero-order chi connectivity index (χ0) is 11.1. The van der Waals surface area contributed by atoms with Crippen LogP contribution in [0, 0.1) is 0 Å². The molecule has 0 amide bonds. The summed E-state index contributed by atoms with van der Waals surface area (Å²) in [6.45, 7) is 4.42. The number of unbranched alkanes of at least 4 members (excludes halogenated alkanes) is 1. The van der Waals surface area contributed by atoms with Crippen LogP contribution in [0.1, 0.15) is 39.5 Å². The molecule has 0 saturated carbocycles. The van der Waals surface area contributed by atoms with E-state index in [1.54, 1.807) is 6.26 Å². The first-order chi connectivity index (χ1) is 7.22. The number of allylic oxidation sites excluding steroid dienone is 1. The molecule has 1 aliphatic heterocycles. The Bertz CT molecular complexity index is 226. The highest BCUT2D eigenvalue weighted by Crippen LogP contribution is 2.21. The standard InChI is InChI=1S/C12H20O2S/c1-3-4-7-15-10(2)8-12-9-11(13)5-6-14-12/h5-6,10,12H,3-4,7-9H2,1-2H3/t10-,12-/m1/s1. The van der Waals surface area contributed by atoms with E-state index in [-0.39, 0.29) is 11.9 Å². The predicted octanol–water partition coefficient (Wildman–Crippen LogP) is 3.17. The van der Waals surface area contributed by atoms with E-state index < -0.39 is 0 Å². The summed E-state index contributed by atoms with van der Waals surface area (Å²) in [4.78, 5) is 11.1. The van der Waals surface area contributed by atoms with Gasteiger partial charge in [0.05, 0.1) is 6.26 Å². The van der Waals surface area contributed by atoms with Gasteiger partial charge >= 0.3 is 0 Å². The normalized spacial score (nSPS) is 22.5. The van der Waals surface area contributed by atoms with E-state index in [2.05, 4.69) is 13.8 Å². The van der Waals surface area contributed by atoms with Gasteiger partial charge in [-0.2, -0.15) is 11.8 Å². The summed E-state index contributed by atoms with van der Waals surface area (Å²) in [5.41, 5.74) is 0. The SMILES string of the molecule is CCCCS[C@H](C)C[C@@H]1CC(=O)C=CO1. The van der Waals surface area contributed by atoms with Crippen molar-refractivity contribution in [2.75, 3.05) is 5.75 Å². The molecular formula is C12H20O2S. The van der Waals surface area contributed by atoms with Gasteiger partial charge in [0, 0.05) is 17.7 Å². The molecule has 0 aromatic carbocycles. The van der Waals surface area contributed by atoms with Crippen LogP contribution in [0.2, 0.25) is 0 Å². The molecule has 1 aliphatic rings. The van der Waals surface area contributed by atoms with Crippen LogP contribution < -0.4 is 0 Å². The van der Waals surface area contributed by atoms with Crippen molar-refractivity contribution >= 4 is 17.5 Å². The van der Waals surface area contributed by atoms with E-state index in [1.807, 2.05) is 11.8 Å². The van der Waals surface area contributed by atoms with E-state index in [9.17, 15) is 4.79 Å². The minimum Gasteiger partial charge on any atom is -0.497 e. The van der Waals surface area contributed by atoms with Gasteiger partial charge in [-0.1, -0.05) is 20.3 Å². The zero-order valence-corrected chi connectivity index (χ0v) is 10.4. The first-order valence-electron chi connectivity index (χ1n) is 5.68. The van der Waals surface area contributed by atoms with Gasteiger partial charge in [-0.15, -0.1) is 0 Å². The zero-order valence-electron chi connectivity index (χ0n) is 9.57. The van der Waals surface area contributed by atoms with Crippen molar-refractivity contribution in [3.8, 4) is 0 Å². The molecule has 0 aromatic heterocycles. The number of hydrogen-bond acceptors (Lipinski definition) is 3. The minimum atomic E-state index is 0.103. The Hall–Kier alpha value is -0.440. The molecule has 0 fully saturated rings. The maximum absolute atomic E-state index is 11.1. The molecule has 0 unspecified atom stereocenters. The number of thioether (sulfide) groups is 1. The van der Waals surface area contributed by atoms with Gasteiger partial charge in [0.25, 0.3) is 0 Å². The maximum Gasteiger partial charge on any atom is 0.162 e. The molecule has 0 radical (unpaired) electrons. The van der Waals surface area contributed by atoms with Gasteiger partial charge in [-0.25, -0.2) is 0 Å². The predicted molar refractivity (Wildman–Crippen MR) is 65.1 cm³/mol. The number of hydrogen-bond donors (Lipinski definition) is 0. The van der Waals surface area contributed by atoms with E-state index in [4.69, 9.17) is 4.74 Å². The topological polar surface area (TPSA) is 26.3 Å². The Kier molecular flexibility index (Phi) is 5.84. The van der Waals surface area contributed by atoms with Crippen molar-refractivity contribution in [1.82, 2.24) is 0 Å². The van der Waals surface area contributed by atoms with E-state index in [0.29, 0.717) is 11.7 Å². The van der Waals surface area contributed by atoms with Crippen LogP contribution in [-0.4, -0.2) is 22.9 Å². The van der Waals surface area contributed by atoms with Crippen molar-refractivity contribution in [2.24, 2.45) is 0 Å². The third kappa shape index (κ3) is 5.26. The maximum atomic E-state index is 11.1. The average molecular weight is 228 g/mol. The van der Waals surface area contributed by atoms with Gasteiger partial charge in [0.1, 0.15) is 6.10 Å². The van der Waals surface area contributed by atoms with Crippen molar-refractivity contribution in [2.45, 2.75) is 50.9 Å². The molecule has 0 spiro atoms. The molecule has 0 N–H and O–H groups in total. The van der Waals surface area contributed by atoms with Gasteiger partial charge < -0.3 is 4.74 Å². The van der Waals surface area contributed by atoms with Crippen LogP contribution in [0.25, 0.3) is 0 Å². The first-order valence-corrected chi connectivity index (χ1v) is 6.73. The number of ketones is 1. The molecule has 0 aromatic rings. The van der Waals surface area contributed by atoms with Crippen LogP contribution in [0.3, 0.4) is 0 Å². The quantitative estimate of drug-likeness (QED) is 0.653. The summed E-state index contributed by atoms with van der Waals surface area (Å²) in [5, 5.41) is 0.584. The monoisotopic (exact) mass is 228 g/mol. The molecule has 0 bridgehead atoms. The molecule has 0 saturated heterocycles. The van der Waals surface area contributed by atoms with Crippen LogP contribution in [0.4, 0.5) is 0 Å². The molecule has 2 atom stereocenters. The average Bonchev–Trinajstić information content (AvgIpc) is 2.18. The summed E-state index contributed by atoms with van der Waals surface area (Å²) in [6, 6.07) is 0. The van der Waals surface area contributed by atoms with Crippen LogP contribution in [0.15, 0.2) is 12.3 Å². The number of carbonyl (C=O) groups is 1. The van der Waals surface area contributed by atoms with E-state index in [0.717, 1.165) is 6.42 Å². The third-order valence-corrected chi connectivity index (χ3v) is 3.73. The van der Waals surface area contributed by atoms with E-state index in [1.165, 1.54) is 24.7 Å². The molecule has 1 heterocycles. The highest BCUT2D eigenvalue weighted by molar-refractivity contribution is 7.99. The summed E-state index contributed by atoms with van der Waals surface area (Å²) in [5.74, 6) is 1.41. The van der Waals surface area contributed by atoms with Crippen molar-refractivity contribution < 1.29 is 9.53 Å². The number of carbonyl (C=O) groups excluding carboxylic acids is 1. The second-order valence-electron chi connectivity index (χ2n) is 4.00. The highest BCUT2D eigenvalue weighted by Gasteiger charge is 2.19. The Morgan fingerprint density at radius 3 is 3.13 bits per heavy atom. The Morgan fingerprint density at radius 1 is 1.67 bits per heavy atom. The van der Waals surface area contributed by atoms with Gasteiger partial charge in [0.2, 0.25) is 0 Å². The second kappa shape index (κ2) is 6.94. The largest absolute Gasteiger partial charge is 0.497 e. The van der Waals surface area contributed by atoms with Gasteiger partial charge in [0.15, 0.2) is 5.78 Å². The van der Waals surface area contributed by atoms with Crippen molar-refractivity contribution in [3.05, 3.63) is 12.3 Å². The molecule has 86 valence electrons. The van der Waals surface area contributed by atoms with Crippen molar-refractivity contribution in [1.29, 1.82) is 0 Å². The second-order valence-corrected chi connectivity index (χ2v) is 5.55. The Morgan fingerprint density at radius 2 is 2.47 bits per heavy atom. The summed E-state index contributed by atoms with van der Waals surface area (Å²) < 4.78 is 5.41. The third-order valence-electron chi connectivity index (χ3n) is 2.45. The summed E-state index contributed by atoms with van der Waals surface area (Å²) in [7, 11) is 0. The lowest BCUT2D eigenvalue weighted by Crippen LogP contribution is -2.22. The molecular weight excluding hydrogens is 208 g/mol. The first kappa shape index (κ1) is 12.6. The van der Waals surface area contributed by atoms with Gasteiger partial charge in [-0.05, 0) is 18.6 Å². The Balaban J connectivity index is 2.17. The minimum absolute atomic E-state index is 0.103. The summed E-state index contributed by atoms with van der Waals surface area (Å²) in [6.07, 6.45) is 7.22. The molecule has 1 rings (SSSR count). The Labute approximate surface area is 96.5 Å². The summed E-state index contributed by atoms with van der Waals surface area (Å²) >= 11 is 1.98. The van der Waals surface area contributed by atoms with Gasteiger partial charge in [-0.3, -0.25) is 4.79 Å². The highest BCUT2D eigenvalue weighted by atomic mass is 32.2. The fourth-order valence-corrected chi connectivity index (χ4v) is 2.78. The van der Waals surface area contributed by atoms with Crippen molar-refractivity contribution in [3.63, 3.8) is 0 Å². The van der Waals surface area contributed by atoms with Crippen LogP contribution >= 0.6 is 11.8 Å². The lowest BCUT2D eigenvalue weighted by Gasteiger charge is -2.21.